The SMILES string of the molecule is CCCCCN=C(N)N/N=C/c1c[nH]c2ccc(OC)cc12.N#C[C@@H]1CCCN1C(=O)CNC12C[C@@H]3C[C@@H](CC(O)(C3)C1)C2. The number of unbranched alkanes of at least 4 members (excludes halogenated alkanes) is 2. The summed E-state index contributed by atoms with van der Waals surface area (Å²) in [6.07, 6.45) is 14.9. The van der Waals surface area contributed by atoms with Crippen molar-refractivity contribution in [3.63, 3.8) is 0 Å². The van der Waals surface area contributed by atoms with Crippen LogP contribution < -0.4 is 21.2 Å². The highest BCUT2D eigenvalue weighted by Gasteiger charge is 2.57. The number of methoxy groups -OCH3 is 1. The van der Waals surface area contributed by atoms with Gasteiger partial charge in [0.05, 0.1) is 31.5 Å². The third-order valence-corrected chi connectivity index (χ3v) is 9.71. The first-order valence-electron chi connectivity index (χ1n) is 16.2. The number of hydrogen-bond acceptors (Lipinski definition) is 7. The van der Waals surface area contributed by atoms with Gasteiger partial charge < -0.3 is 30.8 Å². The number of aromatic nitrogens is 1. The molecule has 5 fully saturated rings. The van der Waals surface area contributed by atoms with Gasteiger partial charge in [-0.1, -0.05) is 19.8 Å². The van der Waals surface area contributed by atoms with Gasteiger partial charge in [-0.2, -0.15) is 10.4 Å². The van der Waals surface area contributed by atoms with Crippen LogP contribution in [0.15, 0.2) is 34.5 Å². The average Bonchev–Trinajstić information content (AvgIpc) is 3.64. The van der Waals surface area contributed by atoms with Crippen LogP contribution in [0.4, 0.5) is 0 Å². The summed E-state index contributed by atoms with van der Waals surface area (Å²) in [5.74, 6) is 2.43. The second-order valence-electron chi connectivity index (χ2n) is 13.2. The van der Waals surface area contributed by atoms with Gasteiger partial charge in [-0.15, -0.1) is 0 Å². The average molecular weight is 605 g/mol. The molecule has 1 aromatic heterocycles. The Balaban J connectivity index is 0.000000175. The maximum atomic E-state index is 12.4. The van der Waals surface area contributed by atoms with E-state index in [-0.39, 0.29) is 17.5 Å². The van der Waals surface area contributed by atoms with Crippen LogP contribution in [-0.4, -0.2) is 77.0 Å². The molecular weight excluding hydrogens is 556 g/mol. The number of H-pyrrole nitrogens is 1. The molecule has 2 heterocycles. The molecule has 44 heavy (non-hydrogen) atoms. The Morgan fingerprint density at radius 1 is 1.30 bits per heavy atom. The molecule has 0 radical (unpaired) electrons. The van der Waals surface area contributed by atoms with Crippen molar-refractivity contribution in [2.45, 2.75) is 94.7 Å². The molecule has 0 spiro atoms. The zero-order chi connectivity index (χ0) is 31.2. The number of nitrogens with one attached hydrogen (secondary N) is 3. The Morgan fingerprint density at radius 3 is 2.80 bits per heavy atom. The number of ether oxygens (including phenoxy) is 1. The number of rotatable bonds is 10. The van der Waals surface area contributed by atoms with Crippen molar-refractivity contribution in [1.29, 1.82) is 5.26 Å². The number of aliphatic hydroxyl groups is 1. The number of amides is 1. The molecule has 238 valence electrons. The first-order chi connectivity index (χ1) is 21.2. The molecule has 7 rings (SSSR count). The van der Waals surface area contributed by atoms with Crippen LogP contribution in [0.25, 0.3) is 10.9 Å². The standard InChI is InChI=1S/C17H25N3O2.C16H23N5O/c18-9-14-2-1-3-20(14)15(21)10-19-16-5-12-4-13(6-16)8-17(22,7-12)11-16;1-3-4-5-8-18-16(17)21-20-11-12-10-19-15-7-6-13(22-2)9-14(12)15/h12-14,19,22H,1-8,10-11H2;6-7,9-11,19H,3-5,8H2,1-2H3,(H3,17,18,21)/b;20-11+/t12-,13+,14-,16?,17?;/m0./s1. The Bertz CT molecular complexity index is 1380. The van der Waals surface area contributed by atoms with Crippen LogP contribution in [0.3, 0.4) is 0 Å². The zero-order valence-corrected chi connectivity index (χ0v) is 26.1. The van der Waals surface area contributed by atoms with E-state index in [4.69, 9.17) is 15.7 Å². The fourth-order valence-electron chi connectivity index (χ4n) is 8.10. The van der Waals surface area contributed by atoms with Crippen LogP contribution in [0.1, 0.15) is 83.1 Å². The molecule has 1 aromatic carbocycles. The van der Waals surface area contributed by atoms with Gasteiger partial charge in [0.2, 0.25) is 11.9 Å². The van der Waals surface area contributed by atoms with Gasteiger partial charge in [0, 0.05) is 41.3 Å². The van der Waals surface area contributed by atoms with E-state index in [1.165, 1.54) is 12.8 Å². The highest BCUT2D eigenvalue weighted by molar-refractivity contribution is 5.99. The molecule has 2 unspecified atom stereocenters. The zero-order valence-electron chi connectivity index (χ0n) is 26.1. The lowest BCUT2D eigenvalue weighted by atomic mass is 9.51. The van der Waals surface area contributed by atoms with Crippen molar-refractivity contribution in [2.24, 2.45) is 27.7 Å². The van der Waals surface area contributed by atoms with Gasteiger partial charge in [-0.3, -0.25) is 9.79 Å². The van der Waals surface area contributed by atoms with Crippen molar-refractivity contribution < 1.29 is 14.6 Å². The normalized spacial score (nSPS) is 29.1. The summed E-state index contributed by atoms with van der Waals surface area (Å²) in [5.41, 5.74) is 9.94. The number of likely N-dealkylation sites (tertiary alicyclic amines) is 1. The van der Waals surface area contributed by atoms with E-state index in [0.29, 0.717) is 30.9 Å². The Hall–Kier alpha value is -3.62. The molecule has 4 bridgehead atoms. The van der Waals surface area contributed by atoms with Gasteiger partial charge >= 0.3 is 0 Å². The summed E-state index contributed by atoms with van der Waals surface area (Å²) in [6, 6.07) is 7.85. The minimum absolute atomic E-state index is 0.0453. The third-order valence-electron chi connectivity index (χ3n) is 9.71. The summed E-state index contributed by atoms with van der Waals surface area (Å²) < 4.78 is 5.24. The van der Waals surface area contributed by atoms with E-state index in [2.05, 4.69) is 38.8 Å². The number of nitrogens with two attached hydrogens (primary N) is 1. The summed E-state index contributed by atoms with van der Waals surface area (Å²) in [7, 11) is 1.65. The summed E-state index contributed by atoms with van der Waals surface area (Å²) in [5, 5.41) is 28.6. The van der Waals surface area contributed by atoms with E-state index >= 15 is 0 Å². The summed E-state index contributed by atoms with van der Waals surface area (Å²) in [4.78, 5) is 21.6. The molecule has 4 aliphatic carbocycles. The maximum Gasteiger partial charge on any atom is 0.237 e. The number of carbonyl (C=O) groups is 1. The van der Waals surface area contributed by atoms with Gasteiger partial charge in [0.1, 0.15) is 11.8 Å². The predicted molar refractivity (Wildman–Crippen MR) is 172 cm³/mol. The quantitative estimate of drug-likeness (QED) is 0.119. The molecule has 1 saturated heterocycles. The lowest BCUT2D eigenvalue weighted by Gasteiger charge is -2.60. The summed E-state index contributed by atoms with van der Waals surface area (Å²) in [6.45, 7) is 3.91. The molecule has 5 atom stereocenters. The third kappa shape index (κ3) is 7.53. The molecule has 6 N–H and O–H groups in total. The number of benzene rings is 1. The predicted octanol–water partition coefficient (Wildman–Crippen LogP) is 3.78. The molecular formula is C33H48N8O3. The Labute approximate surface area is 260 Å². The first kappa shape index (κ1) is 31.8. The highest BCUT2D eigenvalue weighted by Crippen LogP contribution is 2.57. The highest BCUT2D eigenvalue weighted by atomic mass is 16.5. The van der Waals surface area contributed by atoms with Crippen molar-refractivity contribution in [2.75, 3.05) is 26.7 Å². The number of fused-ring (bicyclic) bond motifs is 1. The number of hydrazone groups is 1. The van der Waals surface area contributed by atoms with Gasteiger partial charge in [0.25, 0.3) is 0 Å². The van der Waals surface area contributed by atoms with E-state index < -0.39 is 5.60 Å². The van der Waals surface area contributed by atoms with E-state index in [1.54, 1.807) is 18.2 Å². The van der Waals surface area contributed by atoms with Gasteiger partial charge in [-0.25, -0.2) is 5.43 Å². The van der Waals surface area contributed by atoms with Crippen LogP contribution in [-0.2, 0) is 4.79 Å². The fourth-order valence-corrected chi connectivity index (χ4v) is 8.10. The van der Waals surface area contributed by atoms with Gasteiger partial charge in [-0.05, 0) is 87.8 Å². The van der Waals surface area contributed by atoms with Crippen molar-refractivity contribution in [3.05, 3.63) is 30.0 Å². The molecule has 5 aliphatic rings. The molecule has 4 saturated carbocycles. The lowest BCUT2D eigenvalue weighted by Crippen LogP contribution is -2.65. The monoisotopic (exact) mass is 604 g/mol. The second-order valence-corrected chi connectivity index (χ2v) is 13.2. The van der Waals surface area contributed by atoms with E-state index in [9.17, 15) is 9.90 Å². The Kier molecular flexibility index (Phi) is 10.1. The van der Waals surface area contributed by atoms with Crippen molar-refractivity contribution in [3.8, 4) is 11.8 Å². The molecule has 1 aliphatic heterocycles. The van der Waals surface area contributed by atoms with E-state index in [1.807, 2.05) is 24.4 Å². The number of aliphatic imine (C=N–C) groups is 1. The Morgan fingerprint density at radius 2 is 2.09 bits per heavy atom. The summed E-state index contributed by atoms with van der Waals surface area (Å²) >= 11 is 0. The number of carbonyl (C=O) groups excluding carboxylic acids is 1. The molecule has 11 heteroatoms. The lowest BCUT2D eigenvalue weighted by molar-refractivity contribution is -0.147. The number of guanidine groups is 1. The molecule has 11 nitrogen and oxygen atoms in total. The number of nitriles is 1. The topological polar surface area (TPSA) is 164 Å². The van der Waals surface area contributed by atoms with Crippen LogP contribution in [0.2, 0.25) is 0 Å². The van der Waals surface area contributed by atoms with Crippen LogP contribution >= 0.6 is 0 Å². The van der Waals surface area contributed by atoms with Crippen LogP contribution in [0.5, 0.6) is 5.75 Å². The number of nitrogens with zero attached hydrogens (tertiary/aromatic N) is 4. The number of hydrogen-bond donors (Lipinski definition) is 5. The largest absolute Gasteiger partial charge is 0.497 e. The minimum atomic E-state index is -0.497. The van der Waals surface area contributed by atoms with E-state index in [0.717, 1.165) is 86.5 Å². The number of aromatic amines is 1. The maximum absolute atomic E-state index is 12.4. The first-order valence-corrected chi connectivity index (χ1v) is 16.2. The van der Waals surface area contributed by atoms with Crippen LogP contribution in [0, 0.1) is 23.2 Å². The van der Waals surface area contributed by atoms with Crippen molar-refractivity contribution >= 4 is 29.0 Å². The second kappa shape index (κ2) is 14.0. The smallest absolute Gasteiger partial charge is 0.237 e. The van der Waals surface area contributed by atoms with Crippen molar-refractivity contribution in [1.82, 2.24) is 20.6 Å². The molecule has 2 aromatic rings. The minimum Gasteiger partial charge on any atom is -0.497 e. The molecule has 1 amide bonds. The van der Waals surface area contributed by atoms with Gasteiger partial charge in [0.15, 0.2) is 0 Å². The fraction of sp³-hybridized carbons (Fsp3) is 0.636.